The second kappa shape index (κ2) is 8.25. The number of hydrogen-bond acceptors (Lipinski definition) is 3. The van der Waals surface area contributed by atoms with E-state index in [0.29, 0.717) is 19.2 Å². The average molecular weight is 251 g/mol. The SMILES string of the molecule is CC(C)NCC(O)COC(C)Cc1ccccc1. The fourth-order valence-corrected chi connectivity index (χ4v) is 1.71. The van der Waals surface area contributed by atoms with Gasteiger partial charge in [-0.2, -0.15) is 0 Å². The van der Waals surface area contributed by atoms with E-state index in [1.54, 1.807) is 0 Å². The van der Waals surface area contributed by atoms with Gasteiger partial charge in [0.05, 0.1) is 18.8 Å². The molecule has 0 bridgehead atoms. The minimum absolute atomic E-state index is 0.126. The third-order valence-electron chi connectivity index (χ3n) is 2.70. The summed E-state index contributed by atoms with van der Waals surface area (Å²) in [6.07, 6.45) is 0.567. The molecule has 0 aliphatic rings. The van der Waals surface area contributed by atoms with E-state index in [1.807, 2.05) is 25.1 Å². The molecule has 0 saturated carbocycles. The number of hydrogen-bond donors (Lipinski definition) is 2. The van der Waals surface area contributed by atoms with Crippen molar-refractivity contribution in [2.45, 2.75) is 45.4 Å². The molecule has 0 aliphatic heterocycles. The molecule has 0 fully saturated rings. The lowest BCUT2D eigenvalue weighted by Crippen LogP contribution is -2.35. The van der Waals surface area contributed by atoms with Crippen molar-refractivity contribution in [3.05, 3.63) is 35.9 Å². The number of nitrogens with one attached hydrogen (secondary N) is 1. The number of aliphatic hydroxyl groups excluding tert-OH is 1. The van der Waals surface area contributed by atoms with Crippen molar-refractivity contribution in [3.63, 3.8) is 0 Å². The van der Waals surface area contributed by atoms with Crippen LogP contribution in [0.15, 0.2) is 30.3 Å². The zero-order valence-corrected chi connectivity index (χ0v) is 11.6. The quantitative estimate of drug-likeness (QED) is 0.742. The first-order chi connectivity index (χ1) is 8.58. The van der Waals surface area contributed by atoms with E-state index in [4.69, 9.17) is 4.74 Å². The highest BCUT2D eigenvalue weighted by atomic mass is 16.5. The summed E-state index contributed by atoms with van der Waals surface area (Å²) in [5.74, 6) is 0. The minimum Gasteiger partial charge on any atom is -0.389 e. The van der Waals surface area contributed by atoms with Crippen LogP contribution < -0.4 is 5.32 Å². The molecule has 18 heavy (non-hydrogen) atoms. The third-order valence-corrected chi connectivity index (χ3v) is 2.70. The molecule has 1 aromatic carbocycles. The van der Waals surface area contributed by atoms with Crippen molar-refractivity contribution in [1.82, 2.24) is 5.32 Å². The molecule has 102 valence electrons. The standard InChI is InChI=1S/C15H25NO2/c1-12(2)16-10-15(17)11-18-13(3)9-14-7-5-4-6-8-14/h4-8,12-13,15-17H,9-11H2,1-3H3. The summed E-state index contributed by atoms with van der Waals surface area (Å²) in [5.41, 5.74) is 1.26. The van der Waals surface area contributed by atoms with Crippen LogP contribution >= 0.6 is 0 Å². The highest BCUT2D eigenvalue weighted by Crippen LogP contribution is 2.05. The van der Waals surface area contributed by atoms with Gasteiger partial charge in [-0.05, 0) is 18.9 Å². The van der Waals surface area contributed by atoms with Crippen LogP contribution in [0.5, 0.6) is 0 Å². The first kappa shape index (κ1) is 15.2. The Morgan fingerprint density at radius 2 is 1.83 bits per heavy atom. The van der Waals surface area contributed by atoms with E-state index in [-0.39, 0.29) is 6.10 Å². The number of benzene rings is 1. The van der Waals surface area contributed by atoms with Gasteiger partial charge in [0, 0.05) is 12.6 Å². The van der Waals surface area contributed by atoms with Crippen molar-refractivity contribution in [1.29, 1.82) is 0 Å². The molecule has 3 nitrogen and oxygen atoms in total. The molecule has 0 heterocycles. The van der Waals surface area contributed by atoms with Gasteiger partial charge in [-0.1, -0.05) is 44.2 Å². The summed E-state index contributed by atoms with van der Waals surface area (Å²) < 4.78 is 5.65. The zero-order valence-electron chi connectivity index (χ0n) is 11.6. The predicted octanol–water partition coefficient (Wildman–Crippen LogP) is 1.99. The molecule has 3 heteroatoms. The van der Waals surface area contributed by atoms with Crippen molar-refractivity contribution < 1.29 is 9.84 Å². The number of aliphatic hydroxyl groups is 1. The topological polar surface area (TPSA) is 41.5 Å². The van der Waals surface area contributed by atoms with Gasteiger partial charge in [-0.25, -0.2) is 0 Å². The molecule has 0 radical (unpaired) electrons. The Morgan fingerprint density at radius 3 is 2.44 bits per heavy atom. The Bertz CT molecular complexity index is 314. The Morgan fingerprint density at radius 1 is 1.17 bits per heavy atom. The van der Waals surface area contributed by atoms with Crippen LogP contribution in [0, 0.1) is 0 Å². The minimum atomic E-state index is -0.439. The normalized spacial score (nSPS) is 14.7. The fourth-order valence-electron chi connectivity index (χ4n) is 1.71. The monoisotopic (exact) mass is 251 g/mol. The highest BCUT2D eigenvalue weighted by Gasteiger charge is 2.09. The largest absolute Gasteiger partial charge is 0.389 e. The maximum Gasteiger partial charge on any atom is 0.0897 e. The van der Waals surface area contributed by atoms with Gasteiger partial charge >= 0.3 is 0 Å². The summed E-state index contributed by atoms with van der Waals surface area (Å²) in [6, 6.07) is 10.7. The lowest BCUT2D eigenvalue weighted by Gasteiger charge is -2.18. The van der Waals surface area contributed by atoms with E-state index < -0.39 is 6.10 Å². The maximum atomic E-state index is 9.73. The van der Waals surface area contributed by atoms with E-state index in [1.165, 1.54) is 5.56 Å². The Hall–Kier alpha value is -0.900. The molecular weight excluding hydrogens is 226 g/mol. The third kappa shape index (κ3) is 6.74. The van der Waals surface area contributed by atoms with E-state index in [9.17, 15) is 5.11 Å². The van der Waals surface area contributed by atoms with Gasteiger partial charge in [0.1, 0.15) is 0 Å². The van der Waals surface area contributed by atoms with Crippen LogP contribution in [-0.4, -0.2) is 36.5 Å². The average Bonchev–Trinajstić information content (AvgIpc) is 2.35. The van der Waals surface area contributed by atoms with Gasteiger partial charge in [0.2, 0.25) is 0 Å². The smallest absolute Gasteiger partial charge is 0.0897 e. The fraction of sp³-hybridized carbons (Fsp3) is 0.600. The van der Waals surface area contributed by atoms with Gasteiger partial charge in [-0.3, -0.25) is 0 Å². The van der Waals surface area contributed by atoms with Gasteiger partial charge in [0.15, 0.2) is 0 Å². The highest BCUT2D eigenvalue weighted by molar-refractivity contribution is 5.15. The number of rotatable bonds is 8. The molecule has 2 N–H and O–H groups in total. The lowest BCUT2D eigenvalue weighted by atomic mass is 10.1. The van der Waals surface area contributed by atoms with Gasteiger partial charge in [-0.15, -0.1) is 0 Å². The first-order valence-corrected chi connectivity index (χ1v) is 6.65. The summed E-state index contributed by atoms with van der Waals surface area (Å²) in [6.45, 7) is 7.12. The molecular formula is C15H25NO2. The maximum absolute atomic E-state index is 9.73. The van der Waals surface area contributed by atoms with E-state index in [0.717, 1.165) is 6.42 Å². The van der Waals surface area contributed by atoms with Crippen LogP contribution in [0.25, 0.3) is 0 Å². The molecule has 1 rings (SSSR count). The molecule has 0 aliphatic carbocycles. The Labute approximate surface area is 110 Å². The van der Waals surface area contributed by atoms with Crippen LogP contribution in [0.1, 0.15) is 26.3 Å². The van der Waals surface area contributed by atoms with Crippen molar-refractivity contribution in [3.8, 4) is 0 Å². The molecule has 0 saturated heterocycles. The van der Waals surface area contributed by atoms with Gasteiger partial charge in [0.25, 0.3) is 0 Å². The summed E-state index contributed by atoms with van der Waals surface area (Å²) >= 11 is 0. The molecule has 2 atom stereocenters. The summed E-state index contributed by atoms with van der Waals surface area (Å²) in [7, 11) is 0. The summed E-state index contributed by atoms with van der Waals surface area (Å²) in [4.78, 5) is 0. The van der Waals surface area contributed by atoms with E-state index >= 15 is 0 Å². The molecule has 0 spiro atoms. The molecule has 0 aromatic heterocycles. The summed E-state index contributed by atoms with van der Waals surface area (Å²) in [5, 5.41) is 12.9. The molecule has 2 unspecified atom stereocenters. The van der Waals surface area contributed by atoms with Crippen molar-refractivity contribution >= 4 is 0 Å². The van der Waals surface area contributed by atoms with Crippen LogP contribution in [-0.2, 0) is 11.2 Å². The zero-order chi connectivity index (χ0) is 13.4. The Kier molecular flexibility index (Phi) is 6.94. The van der Waals surface area contributed by atoms with Gasteiger partial charge < -0.3 is 15.2 Å². The van der Waals surface area contributed by atoms with Crippen LogP contribution in [0.2, 0.25) is 0 Å². The van der Waals surface area contributed by atoms with Crippen molar-refractivity contribution in [2.24, 2.45) is 0 Å². The Balaban J connectivity index is 2.18. The number of ether oxygens (including phenoxy) is 1. The first-order valence-electron chi connectivity index (χ1n) is 6.65. The van der Waals surface area contributed by atoms with E-state index in [2.05, 4.69) is 31.3 Å². The second-order valence-corrected chi connectivity index (χ2v) is 5.05. The van der Waals surface area contributed by atoms with Crippen molar-refractivity contribution in [2.75, 3.05) is 13.2 Å². The molecule has 0 amide bonds. The predicted molar refractivity (Wildman–Crippen MR) is 74.7 cm³/mol. The second-order valence-electron chi connectivity index (χ2n) is 5.05. The lowest BCUT2D eigenvalue weighted by molar-refractivity contribution is -0.00120. The van der Waals surface area contributed by atoms with Crippen LogP contribution in [0.3, 0.4) is 0 Å². The molecule has 1 aromatic rings. The van der Waals surface area contributed by atoms with Crippen LogP contribution in [0.4, 0.5) is 0 Å².